The van der Waals surface area contributed by atoms with Crippen molar-refractivity contribution in [3.05, 3.63) is 69.7 Å². The molecule has 19 heavy (non-hydrogen) atoms. The standard InChI is InChI=1S/C16H13ClO2/c1-10-13-9-15(11-5-3-2-4-6-11)19-16(18)12(13)7-8-14(10)17/h2-8,15H,9H2,1H3. The van der Waals surface area contributed by atoms with E-state index in [9.17, 15) is 4.79 Å². The zero-order chi connectivity index (χ0) is 13.4. The zero-order valence-electron chi connectivity index (χ0n) is 10.5. The van der Waals surface area contributed by atoms with Gasteiger partial charge in [-0.15, -0.1) is 0 Å². The second kappa shape index (κ2) is 4.71. The van der Waals surface area contributed by atoms with Crippen LogP contribution in [0.15, 0.2) is 42.5 Å². The van der Waals surface area contributed by atoms with Gasteiger partial charge in [0, 0.05) is 11.4 Å². The minimum absolute atomic E-state index is 0.224. The largest absolute Gasteiger partial charge is 0.454 e. The normalized spacial score (nSPS) is 17.8. The summed E-state index contributed by atoms with van der Waals surface area (Å²) in [7, 11) is 0. The molecule has 0 spiro atoms. The predicted octanol–water partition coefficient (Wildman–Crippen LogP) is 4.10. The molecule has 0 aromatic heterocycles. The molecule has 0 saturated carbocycles. The van der Waals surface area contributed by atoms with Crippen molar-refractivity contribution in [1.82, 2.24) is 0 Å². The Morgan fingerprint density at radius 3 is 2.63 bits per heavy atom. The summed E-state index contributed by atoms with van der Waals surface area (Å²) in [6.07, 6.45) is 0.454. The summed E-state index contributed by atoms with van der Waals surface area (Å²) in [5, 5.41) is 0.695. The average Bonchev–Trinajstić information content (AvgIpc) is 2.44. The van der Waals surface area contributed by atoms with E-state index < -0.39 is 0 Å². The number of rotatable bonds is 1. The Balaban J connectivity index is 2.04. The van der Waals surface area contributed by atoms with E-state index in [1.54, 1.807) is 12.1 Å². The molecule has 96 valence electrons. The van der Waals surface area contributed by atoms with Crippen molar-refractivity contribution in [2.24, 2.45) is 0 Å². The molecular formula is C16H13ClO2. The molecule has 1 unspecified atom stereocenters. The number of fused-ring (bicyclic) bond motifs is 1. The Kier molecular flexibility index (Phi) is 3.03. The maximum atomic E-state index is 12.1. The number of cyclic esters (lactones) is 1. The molecule has 3 rings (SSSR count). The van der Waals surface area contributed by atoms with Crippen LogP contribution in [0.1, 0.15) is 33.2 Å². The molecule has 0 N–H and O–H groups in total. The molecule has 1 aliphatic rings. The van der Waals surface area contributed by atoms with Crippen molar-refractivity contribution in [3.8, 4) is 0 Å². The van der Waals surface area contributed by atoms with Gasteiger partial charge in [-0.1, -0.05) is 41.9 Å². The van der Waals surface area contributed by atoms with Crippen molar-refractivity contribution in [2.75, 3.05) is 0 Å². The number of carbonyl (C=O) groups excluding carboxylic acids is 1. The van der Waals surface area contributed by atoms with Gasteiger partial charge in [-0.2, -0.15) is 0 Å². The second-order valence-corrected chi connectivity index (χ2v) is 5.11. The maximum Gasteiger partial charge on any atom is 0.339 e. The quantitative estimate of drug-likeness (QED) is 0.731. The summed E-state index contributed by atoms with van der Waals surface area (Å²) in [6.45, 7) is 1.95. The van der Waals surface area contributed by atoms with Crippen LogP contribution < -0.4 is 0 Å². The second-order valence-electron chi connectivity index (χ2n) is 4.71. The third-order valence-corrected chi connectivity index (χ3v) is 3.97. The smallest absolute Gasteiger partial charge is 0.339 e. The third kappa shape index (κ3) is 2.13. The highest BCUT2D eigenvalue weighted by Gasteiger charge is 2.28. The van der Waals surface area contributed by atoms with Crippen molar-refractivity contribution >= 4 is 17.6 Å². The van der Waals surface area contributed by atoms with Gasteiger partial charge >= 0.3 is 5.97 Å². The van der Waals surface area contributed by atoms with Gasteiger partial charge in [0.2, 0.25) is 0 Å². The van der Waals surface area contributed by atoms with E-state index in [0.717, 1.165) is 16.7 Å². The summed E-state index contributed by atoms with van der Waals surface area (Å²) in [5.74, 6) is -0.269. The lowest BCUT2D eigenvalue weighted by Gasteiger charge is -2.26. The Labute approximate surface area is 117 Å². The molecule has 2 aromatic carbocycles. The minimum atomic E-state index is -0.269. The third-order valence-electron chi connectivity index (χ3n) is 3.56. The summed E-state index contributed by atoms with van der Waals surface area (Å²) in [6, 6.07) is 13.3. The van der Waals surface area contributed by atoms with Gasteiger partial charge in [-0.25, -0.2) is 4.79 Å². The SMILES string of the molecule is Cc1c(Cl)ccc2c1CC(c1ccccc1)OC2=O. The number of carbonyl (C=O) groups is 1. The van der Waals surface area contributed by atoms with Gasteiger partial charge in [0.1, 0.15) is 6.10 Å². The first kappa shape index (κ1) is 12.2. The summed E-state index contributed by atoms with van der Waals surface area (Å²) < 4.78 is 5.51. The summed E-state index contributed by atoms with van der Waals surface area (Å²) in [4.78, 5) is 12.1. The predicted molar refractivity (Wildman–Crippen MR) is 74.5 cm³/mol. The Morgan fingerprint density at radius 1 is 1.16 bits per heavy atom. The molecule has 3 heteroatoms. The van der Waals surface area contributed by atoms with Crippen LogP contribution in [-0.2, 0) is 11.2 Å². The molecule has 0 amide bonds. The molecule has 1 aliphatic heterocycles. The Bertz CT molecular complexity index is 635. The van der Waals surface area contributed by atoms with E-state index in [4.69, 9.17) is 16.3 Å². The van der Waals surface area contributed by atoms with Crippen molar-refractivity contribution in [2.45, 2.75) is 19.4 Å². The number of benzene rings is 2. The first-order valence-corrected chi connectivity index (χ1v) is 6.58. The van der Waals surface area contributed by atoms with Gasteiger partial charge in [-0.05, 0) is 35.7 Å². The van der Waals surface area contributed by atoms with Gasteiger partial charge in [-0.3, -0.25) is 0 Å². The van der Waals surface area contributed by atoms with Crippen molar-refractivity contribution in [1.29, 1.82) is 0 Å². The Morgan fingerprint density at radius 2 is 1.89 bits per heavy atom. The van der Waals surface area contributed by atoms with Gasteiger partial charge in [0.05, 0.1) is 5.56 Å². The number of esters is 1. The topological polar surface area (TPSA) is 26.3 Å². The first-order valence-electron chi connectivity index (χ1n) is 6.20. The van der Waals surface area contributed by atoms with E-state index in [1.807, 2.05) is 37.3 Å². The highest BCUT2D eigenvalue weighted by atomic mass is 35.5. The lowest BCUT2D eigenvalue weighted by Crippen LogP contribution is -2.22. The molecule has 0 bridgehead atoms. The van der Waals surface area contributed by atoms with Crippen LogP contribution in [0.3, 0.4) is 0 Å². The molecule has 1 heterocycles. The molecule has 0 saturated heterocycles. The fourth-order valence-electron chi connectivity index (χ4n) is 2.46. The molecular weight excluding hydrogens is 260 g/mol. The molecule has 0 fully saturated rings. The van der Waals surface area contributed by atoms with Crippen LogP contribution in [0.4, 0.5) is 0 Å². The van der Waals surface area contributed by atoms with E-state index in [-0.39, 0.29) is 12.1 Å². The first-order chi connectivity index (χ1) is 9.16. The van der Waals surface area contributed by atoms with Crippen LogP contribution in [-0.4, -0.2) is 5.97 Å². The molecule has 1 atom stereocenters. The highest BCUT2D eigenvalue weighted by Crippen LogP contribution is 2.34. The molecule has 0 radical (unpaired) electrons. The van der Waals surface area contributed by atoms with E-state index in [1.165, 1.54) is 0 Å². The van der Waals surface area contributed by atoms with Crippen LogP contribution >= 0.6 is 11.6 Å². The van der Waals surface area contributed by atoms with Crippen LogP contribution in [0, 0.1) is 6.92 Å². The molecule has 2 nitrogen and oxygen atoms in total. The van der Waals surface area contributed by atoms with Gasteiger partial charge < -0.3 is 4.74 Å². The van der Waals surface area contributed by atoms with Crippen LogP contribution in [0.25, 0.3) is 0 Å². The lowest BCUT2D eigenvalue weighted by atomic mass is 9.91. The number of ether oxygens (including phenoxy) is 1. The van der Waals surface area contributed by atoms with E-state index in [0.29, 0.717) is 17.0 Å². The van der Waals surface area contributed by atoms with Crippen LogP contribution in [0.5, 0.6) is 0 Å². The summed E-state index contributed by atoms with van der Waals surface area (Å²) >= 11 is 6.13. The van der Waals surface area contributed by atoms with Gasteiger partial charge in [0.25, 0.3) is 0 Å². The zero-order valence-corrected chi connectivity index (χ0v) is 11.3. The highest BCUT2D eigenvalue weighted by molar-refractivity contribution is 6.31. The number of halogens is 1. The lowest BCUT2D eigenvalue weighted by molar-refractivity contribution is 0.0252. The van der Waals surface area contributed by atoms with E-state index >= 15 is 0 Å². The van der Waals surface area contributed by atoms with Crippen molar-refractivity contribution in [3.63, 3.8) is 0 Å². The number of hydrogen-bond donors (Lipinski definition) is 0. The fourth-order valence-corrected chi connectivity index (χ4v) is 2.63. The summed E-state index contributed by atoms with van der Waals surface area (Å²) in [5.41, 5.74) is 3.62. The number of hydrogen-bond acceptors (Lipinski definition) is 2. The molecule has 0 aliphatic carbocycles. The van der Waals surface area contributed by atoms with Crippen LogP contribution in [0.2, 0.25) is 5.02 Å². The molecule has 2 aromatic rings. The maximum absolute atomic E-state index is 12.1. The fraction of sp³-hybridized carbons (Fsp3) is 0.188. The minimum Gasteiger partial charge on any atom is -0.454 e. The Hall–Kier alpha value is -1.80. The average molecular weight is 273 g/mol. The van der Waals surface area contributed by atoms with Gasteiger partial charge in [0.15, 0.2) is 0 Å². The van der Waals surface area contributed by atoms with Crippen molar-refractivity contribution < 1.29 is 9.53 Å². The monoisotopic (exact) mass is 272 g/mol. The van der Waals surface area contributed by atoms with E-state index in [2.05, 4.69) is 0 Å².